The lowest BCUT2D eigenvalue weighted by Crippen LogP contribution is -2.57. The second kappa shape index (κ2) is 6.67. The summed E-state index contributed by atoms with van der Waals surface area (Å²) in [6.45, 7) is 9.02. The lowest BCUT2D eigenvalue weighted by atomic mass is 9.54. The van der Waals surface area contributed by atoms with Crippen molar-refractivity contribution < 1.29 is 29.3 Å². The Morgan fingerprint density at radius 3 is 2.85 bits per heavy atom. The Morgan fingerprint density at radius 2 is 2.23 bits per heavy atom. The molecule has 3 aliphatic rings. The van der Waals surface area contributed by atoms with Crippen LogP contribution in [-0.4, -0.2) is 47.1 Å². The third kappa shape index (κ3) is 2.72. The van der Waals surface area contributed by atoms with Gasteiger partial charge in [-0.1, -0.05) is 31.2 Å². The summed E-state index contributed by atoms with van der Waals surface area (Å²) >= 11 is 0. The minimum absolute atomic E-state index is 0.145. The van der Waals surface area contributed by atoms with Crippen LogP contribution in [0.25, 0.3) is 0 Å². The van der Waals surface area contributed by atoms with Crippen LogP contribution >= 0.6 is 0 Å². The molecule has 2 fully saturated rings. The van der Waals surface area contributed by atoms with Crippen LogP contribution in [0.5, 0.6) is 0 Å². The van der Waals surface area contributed by atoms with Gasteiger partial charge in [0.15, 0.2) is 0 Å². The Bertz CT molecular complexity index is 705. The fraction of sp³-hybridized carbons (Fsp3) is 0.600. The van der Waals surface area contributed by atoms with Crippen molar-refractivity contribution in [3.05, 3.63) is 35.5 Å². The highest BCUT2D eigenvalue weighted by Gasteiger charge is 2.61. The third-order valence-corrected chi connectivity index (χ3v) is 6.30. The van der Waals surface area contributed by atoms with Gasteiger partial charge in [-0.3, -0.25) is 0 Å². The fourth-order valence-electron chi connectivity index (χ4n) is 4.80. The number of carbonyl (C=O) groups is 2. The van der Waals surface area contributed by atoms with Crippen molar-refractivity contribution in [2.24, 2.45) is 17.3 Å². The van der Waals surface area contributed by atoms with Crippen LogP contribution in [0, 0.1) is 17.3 Å². The van der Waals surface area contributed by atoms with Gasteiger partial charge in [0.25, 0.3) is 0 Å². The number of aliphatic hydroxyl groups excluding tert-OH is 2. The summed E-state index contributed by atoms with van der Waals surface area (Å²) < 4.78 is 11.3. The van der Waals surface area contributed by atoms with Crippen LogP contribution < -0.4 is 0 Å². The van der Waals surface area contributed by atoms with E-state index in [-0.39, 0.29) is 11.5 Å². The molecule has 0 aromatic rings. The van der Waals surface area contributed by atoms with Gasteiger partial charge in [0.05, 0.1) is 24.2 Å². The molecule has 0 spiro atoms. The summed E-state index contributed by atoms with van der Waals surface area (Å²) in [5.74, 6) is -1.69. The molecule has 0 bridgehead atoms. The normalized spacial score (nSPS) is 39.7. The maximum atomic E-state index is 12.4. The number of esters is 2. The van der Waals surface area contributed by atoms with E-state index < -0.39 is 48.2 Å². The molecule has 0 aromatic heterocycles. The highest BCUT2D eigenvalue weighted by atomic mass is 16.6. The van der Waals surface area contributed by atoms with Crippen molar-refractivity contribution in [3.63, 3.8) is 0 Å². The first-order valence-corrected chi connectivity index (χ1v) is 8.96. The van der Waals surface area contributed by atoms with E-state index in [1.54, 1.807) is 6.92 Å². The first kappa shape index (κ1) is 18.9. The molecule has 2 aliphatic carbocycles. The van der Waals surface area contributed by atoms with Gasteiger partial charge in [0.1, 0.15) is 12.2 Å². The largest absolute Gasteiger partial charge is 0.458 e. The van der Waals surface area contributed by atoms with Crippen LogP contribution in [0.2, 0.25) is 0 Å². The van der Waals surface area contributed by atoms with E-state index in [2.05, 4.69) is 6.58 Å². The van der Waals surface area contributed by atoms with E-state index in [0.717, 1.165) is 5.57 Å². The van der Waals surface area contributed by atoms with E-state index in [1.807, 2.05) is 19.9 Å². The molecule has 0 aromatic carbocycles. The number of fused-ring (bicyclic) bond motifs is 3. The van der Waals surface area contributed by atoms with Crippen LogP contribution in [-0.2, 0) is 19.1 Å². The first-order chi connectivity index (χ1) is 12.2. The molecule has 1 saturated carbocycles. The maximum absolute atomic E-state index is 12.4. The Kier molecular flexibility index (Phi) is 4.84. The smallest absolute Gasteiger partial charge is 0.336 e. The Hall–Kier alpha value is -1.92. The quantitative estimate of drug-likeness (QED) is 0.451. The van der Waals surface area contributed by atoms with Crippen molar-refractivity contribution in [2.75, 3.05) is 6.61 Å². The van der Waals surface area contributed by atoms with Crippen LogP contribution in [0.15, 0.2) is 35.5 Å². The van der Waals surface area contributed by atoms with Gasteiger partial charge >= 0.3 is 11.9 Å². The zero-order valence-electron chi connectivity index (χ0n) is 15.4. The molecular weight excluding hydrogens is 336 g/mol. The molecule has 26 heavy (non-hydrogen) atoms. The Balaban J connectivity index is 1.99. The van der Waals surface area contributed by atoms with Gasteiger partial charge in [-0.25, -0.2) is 9.59 Å². The molecule has 1 heterocycles. The van der Waals surface area contributed by atoms with Gasteiger partial charge in [-0.2, -0.15) is 0 Å². The molecule has 142 valence electrons. The van der Waals surface area contributed by atoms with E-state index in [4.69, 9.17) is 9.47 Å². The summed E-state index contributed by atoms with van der Waals surface area (Å²) in [5, 5.41) is 20.0. The van der Waals surface area contributed by atoms with Gasteiger partial charge in [0, 0.05) is 16.9 Å². The van der Waals surface area contributed by atoms with E-state index in [0.29, 0.717) is 18.4 Å². The average molecular weight is 362 g/mol. The van der Waals surface area contributed by atoms with Gasteiger partial charge in [-0.15, -0.1) is 0 Å². The van der Waals surface area contributed by atoms with Crippen molar-refractivity contribution in [3.8, 4) is 0 Å². The van der Waals surface area contributed by atoms with Crippen LogP contribution in [0.3, 0.4) is 0 Å². The predicted molar refractivity (Wildman–Crippen MR) is 93.8 cm³/mol. The van der Waals surface area contributed by atoms with Crippen LogP contribution in [0.1, 0.15) is 33.6 Å². The van der Waals surface area contributed by atoms with E-state index >= 15 is 0 Å². The predicted octanol–water partition coefficient (Wildman–Crippen LogP) is 1.67. The second-order valence-corrected chi connectivity index (χ2v) is 7.72. The van der Waals surface area contributed by atoms with Crippen molar-refractivity contribution in [1.29, 1.82) is 0 Å². The van der Waals surface area contributed by atoms with Gasteiger partial charge in [0.2, 0.25) is 0 Å². The van der Waals surface area contributed by atoms with E-state index in [9.17, 15) is 19.8 Å². The first-order valence-electron chi connectivity index (χ1n) is 8.96. The topological polar surface area (TPSA) is 93.1 Å². The molecular formula is C20H26O6. The Labute approximate surface area is 153 Å². The minimum atomic E-state index is -0.644. The number of ether oxygens (including phenoxy) is 2. The highest BCUT2D eigenvalue weighted by molar-refractivity contribution is 5.92. The molecule has 2 N–H and O–H groups in total. The van der Waals surface area contributed by atoms with Crippen molar-refractivity contribution >= 4 is 11.9 Å². The Morgan fingerprint density at radius 1 is 1.54 bits per heavy atom. The molecule has 6 nitrogen and oxygen atoms in total. The van der Waals surface area contributed by atoms with Crippen molar-refractivity contribution in [2.45, 2.75) is 51.9 Å². The monoisotopic (exact) mass is 362 g/mol. The van der Waals surface area contributed by atoms with E-state index in [1.165, 1.54) is 6.08 Å². The summed E-state index contributed by atoms with van der Waals surface area (Å²) in [5.41, 5.74) is 0.953. The lowest BCUT2D eigenvalue weighted by Gasteiger charge is -2.53. The lowest BCUT2D eigenvalue weighted by molar-refractivity contribution is -0.173. The SMILES string of the molecule is C=C1C(=O)O[C@H]2[C@H]1[C@H](OC(=O)/C(=C\C)CO)C[C@@]1(C)[C@H](O)CC=C(C)[C@H]21. The number of allylic oxidation sites excluding steroid dienone is 1. The maximum Gasteiger partial charge on any atom is 0.336 e. The number of carbonyl (C=O) groups excluding carboxylic acids is 2. The molecule has 0 unspecified atom stereocenters. The zero-order valence-corrected chi connectivity index (χ0v) is 15.4. The molecule has 3 rings (SSSR count). The highest BCUT2D eigenvalue weighted by Crippen LogP contribution is 2.56. The number of rotatable bonds is 3. The number of hydrogen-bond acceptors (Lipinski definition) is 6. The number of aliphatic hydroxyl groups is 2. The molecule has 6 heteroatoms. The molecule has 1 aliphatic heterocycles. The summed E-state index contributed by atoms with van der Waals surface area (Å²) in [4.78, 5) is 24.6. The molecule has 1 saturated heterocycles. The van der Waals surface area contributed by atoms with Gasteiger partial charge < -0.3 is 19.7 Å². The second-order valence-electron chi connectivity index (χ2n) is 7.72. The summed E-state index contributed by atoms with van der Waals surface area (Å²) in [6, 6.07) is 0. The fourth-order valence-corrected chi connectivity index (χ4v) is 4.80. The average Bonchev–Trinajstić information content (AvgIpc) is 2.87. The summed E-state index contributed by atoms with van der Waals surface area (Å²) in [6.07, 6.45) is 2.62. The molecule has 0 amide bonds. The van der Waals surface area contributed by atoms with Gasteiger partial charge in [-0.05, 0) is 26.7 Å². The summed E-state index contributed by atoms with van der Waals surface area (Å²) in [7, 11) is 0. The number of hydrogen-bond donors (Lipinski definition) is 2. The third-order valence-electron chi connectivity index (χ3n) is 6.30. The zero-order chi connectivity index (χ0) is 19.2. The molecule has 6 atom stereocenters. The minimum Gasteiger partial charge on any atom is -0.458 e. The van der Waals surface area contributed by atoms with Crippen LogP contribution in [0.4, 0.5) is 0 Å². The standard InChI is InChI=1S/C20H26O6/c1-5-12(9-21)19(24)25-13-8-20(4)14(22)7-6-10(2)16(20)17-15(13)11(3)18(23)26-17/h5-6,13-17,21-22H,3,7-9H2,1-2,4H3/b12-5-/t13-,14-,15-,16-,17+,20+/m1/s1. The molecule has 0 radical (unpaired) electrons. The van der Waals surface area contributed by atoms with Crippen molar-refractivity contribution in [1.82, 2.24) is 0 Å².